The normalized spacial score (nSPS) is 19.2. The molecule has 1 heterocycles. The third-order valence-electron chi connectivity index (χ3n) is 3.86. The molecule has 0 spiro atoms. The minimum atomic E-state index is -0.164. The van der Waals surface area contributed by atoms with Crippen LogP contribution in [0.1, 0.15) is 30.7 Å². The highest BCUT2D eigenvalue weighted by Gasteiger charge is 2.31. The van der Waals surface area contributed by atoms with Crippen molar-refractivity contribution in [1.29, 1.82) is 0 Å². The van der Waals surface area contributed by atoms with Crippen LogP contribution >= 0.6 is 23.0 Å². The van der Waals surface area contributed by atoms with Crippen LogP contribution in [0.4, 0.5) is 10.1 Å². The summed E-state index contributed by atoms with van der Waals surface area (Å²) < 4.78 is 18.3. The van der Waals surface area contributed by atoms with E-state index in [9.17, 15) is 9.18 Å². The lowest BCUT2D eigenvalue weighted by atomic mass is 9.95. The van der Waals surface area contributed by atoms with E-state index in [0.29, 0.717) is 18.3 Å². The molecule has 0 unspecified atom stereocenters. The zero-order chi connectivity index (χ0) is 13.4. The van der Waals surface area contributed by atoms with Gasteiger partial charge in [0.15, 0.2) is 23.0 Å². The molecule has 1 aliphatic heterocycles. The van der Waals surface area contributed by atoms with Gasteiger partial charge in [-0.1, -0.05) is 0 Å². The monoisotopic (exact) mass is 375 g/mol. The Bertz CT molecular complexity index is 498. The number of halogens is 2. The summed E-state index contributed by atoms with van der Waals surface area (Å²) in [7, 11) is 0. The van der Waals surface area contributed by atoms with Crippen LogP contribution in [0.2, 0.25) is 0 Å². The second-order valence-corrected chi connectivity index (χ2v) is 5.84. The molecule has 3 rings (SSSR count). The Hall–Kier alpha value is -0.850. The van der Waals surface area contributed by atoms with Gasteiger partial charge < -0.3 is 7.97 Å². The molecule has 0 bridgehead atoms. The van der Waals surface area contributed by atoms with E-state index in [1.54, 1.807) is 29.1 Å². The van der Waals surface area contributed by atoms with Gasteiger partial charge in [0.2, 0.25) is 0 Å². The summed E-state index contributed by atoms with van der Waals surface area (Å²) in [6.45, 7) is 1.70. The van der Waals surface area contributed by atoms with Gasteiger partial charge >= 0.3 is 5.97 Å². The lowest BCUT2D eigenvalue weighted by Gasteiger charge is -2.40. The van der Waals surface area contributed by atoms with E-state index in [-0.39, 0.29) is 11.8 Å². The topological polar surface area (TPSA) is 29.5 Å². The number of anilines is 1. The van der Waals surface area contributed by atoms with Crippen molar-refractivity contribution >= 4 is 34.7 Å². The minimum absolute atomic E-state index is 0.0863. The van der Waals surface area contributed by atoms with Crippen LogP contribution in [-0.2, 0) is 7.86 Å². The quantitative estimate of drug-likeness (QED) is 0.756. The summed E-state index contributed by atoms with van der Waals surface area (Å²) in [5.74, 6) is 0.530. The molecule has 1 aromatic carbocycles. The van der Waals surface area contributed by atoms with Crippen LogP contribution in [0.3, 0.4) is 0 Å². The number of carbonyl (C=O) groups is 1. The molecule has 102 valence electrons. The molecule has 1 aromatic rings. The first-order chi connectivity index (χ1) is 9.17. The van der Waals surface area contributed by atoms with Gasteiger partial charge in [-0.15, -0.1) is 0 Å². The van der Waals surface area contributed by atoms with Gasteiger partial charge in [0, 0.05) is 24.7 Å². The predicted molar refractivity (Wildman–Crippen MR) is 78.8 cm³/mol. The average molecular weight is 375 g/mol. The first-order valence-electron chi connectivity index (χ1n) is 6.53. The lowest BCUT2D eigenvalue weighted by molar-refractivity contribution is -0.132. The summed E-state index contributed by atoms with van der Waals surface area (Å²) in [4.78, 5) is 13.3. The van der Waals surface area contributed by atoms with E-state index >= 15 is 0 Å². The van der Waals surface area contributed by atoms with Crippen LogP contribution < -0.4 is 4.90 Å². The van der Waals surface area contributed by atoms with Gasteiger partial charge in [-0.25, -0.2) is 4.39 Å². The van der Waals surface area contributed by atoms with Crippen molar-refractivity contribution in [3.8, 4) is 0 Å². The fourth-order valence-corrected chi connectivity index (χ4v) is 2.79. The number of rotatable bonds is 4. The van der Waals surface area contributed by atoms with Gasteiger partial charge in [-0.2, -0.15) is 0 Å². The van der Waals surface area contributed by atoms with E-state index in [4.69, 9.17) is 0 Å². The van der Waals surface area contributed by atoms with Gasteiger partial charge in [0.1, 0.15) is 5.82 Å². The number of nitrogens with zero attached hydrogens (tertiary/aromatic N) is 1. The van der Waals surface area contributed by atoms with Gasteiger partial charge in [-0.3, -0.25) is 4.79 Å². The van der Waals surface area contributed by atoms with Crippen LogP contribution in [0.15, 0.2) is 18.2 Å². The highest BCUT2D eigenvalue weighted by atomic mass is 127. The molecule has 0 aromatic heterocycles. The van der Waals surface area contributed by atoms with Crippen molar-refractivity contribution in [2.75, 3.05) is 18.0 Å². The molecule has 1 saturated heterocycles. The number of benzene rings is 1. The zero-order valence-corrected chi connectivity index (χ0v) is 12.6. The van der Waals surface area contributed by atoms with Crippen LogP contribution in [-0.4, -0.2) is 19.1 Å². The Labute approximate surface area is 125 Å². The summed E-state index contributed by atoms with van der Waals surface area (Å²) in [6.07, 6.45) is 2.67. The SMILES string of the molecule is O=C(CC1CN(c2ccc(F)c(C3CC3)c2)C1)OI. The maximum atomic E-state index is 13.7. The van der Waals surface area contributed by atoms with E-state index in [1.807, 2.05) is 12.1 Å². The Balaban J connectivity index is 1.62. The number of hydrogen-bond acceptors (Lipinski definition) is 3. The molecule has 2 fully saturated rings. The second-order valence-electron chi connectivity index (χ2n) is 5.40. The van der Waals surface area contributed by atoms with Crippen molar-refractivity contribution in [2.24, 2.45) is 5.92 Å². The smallest absolute Gasteiger partial charge is 0.315 e. The third kappa shape index (κ3) is 2.85. The van der Waals surface area contributed by atoms with Crippen molar-refractivity contribution in [2.45, 2.75) is 25.2 Å². The van der Waals surface area contributed by atoms with Crippen LogP contribution in [0.25, 0.3) is 0 Å². The summed E-state index contributed by atoms with van der Waals surface area (Å²) in [5.41, 5.74) is 1.93. The van der Waals surface area contributed by atoms with Gasteiger partial charge in [-0.05, 0) is 42.5 Å². The van der Waals surface area contributed by atoms with E-state index in [1.165, 1.54) is 0 Å². The minimum Gasteiger partial charge on any atom is -0.394 e. The molecule has 0 atom stereocenters. The first kappa shape index (κ1) is 13.1. The van der Waals surface area contributed by atoms with Crippen molar-refractivity contribution in [1.82, 2.24) is 0 Å². The molecule has 1 aliphatic carbocycles. The summed E-state index contributed by atoms with van der Waals surface area (Å²) >= 11 is 1.62. The Morgan fingerprint density at radius 3 is 2.79 bits per heavy atom. The molecule has 3 nitrogen and oxygen atoms in total. The fraction of sp³-hybridized carbons (Fsp3) is 0.500. The Morgan fingerprint density at radius 2 is 2.16 bits per heavy atom. The maximum absolute atomic E-state index is 13.7. The first-order valence-corrected chi connectivity index (χ1v) is 7.41. The van der Waals surface area contributed by atoms with E-state index in [0.717, 1.165) is 37.2 Å². The summed E-state index contributed by atoms with van der Waals surface area (Å²) in [5, 5.41) is 0. The molecular formula is C14H15FINO2. The van der Waals surface area contributed by atoms with Gasteiger partial charge in [0.05, 0.1) is 6.42 Å². The molecular weight excluding hydrogens is 360 g/mol. The Morgan fingerprint density at radius 1 is 1.42 bits per heavy atom. The van der Waals surface area contributed by atoms with Gasteiger partial charge in [0.25, 0.3) is 0 Å². The molecule has 0 radical (unpaired) electrons. The zero-order valence-electron chi connectivity index (χ0n) is 10.4. The largest absolute Gasteiger partial charge is 0.394 e. The predicted octanol–water partition coefficient (Wildman–Crippen LogP) is 3.42. The highest BCUT2D eigenvalue weighted by molar-refractivity contribution is 14.1. The number of carbonyl (C=O) groups excluding carboxylic acids is 1. The third-order valence-corrected chi connectivity index (χ3v) is 4.35. The lowest BCUT2D eigenvalue weighted by Crippen LogP contribution is -2.47. The van der Waals surface area contributed by atoms with E-state index < -0.39 is 0 Å². The fourth-order valence-electron chi connectivity index (χ4n) is 2.61. The molecule has 5 heteroatoms. The maximum Gasteiger partial charge on any atom is 0.315 e. The van der Waals surface area contributed by atoms with Crippen molar-refractivity contribution in [3.63, 3.8) is 0 Å². The van der Waals surface area contributed by atoms with Crippen molar-refractivity contribution in [3.05, 3.63) is 29.6 Å². The highest BCUT2D eigenvalue weighted by Crippen LogP contribution is 2.43. The molecule has 0 amide bonds. The van der Waals surface area contributed by atoms with Crippen LogP contribution in [0.5, 0.6) is 0 Å². The molecule has 2 aliphatic rings. The summed E-state index contributed by atoms with van der Waals surface area (Å²) in [6, 6.07) is 5.36. The van der Waals surface area contributed by atoms with E-state index in [2.05, 4.69) is 7.97 Å². The molecule has 0 N–H and O–H groups in total. The van der Waals surface area contributed by atoms with Crippen LogP contribution in [0, 0.1) is 11.7 Å². The standard InChI is InChI=1S/C14H15FINO2/c15-13-4-3-11(6-12(13)10-1-2-10)17-7-9(8-17)5-14(18)19-16/h3-4,6,9-10H,1-2,5,7-8H2. The van der Waals surface area contributed by atoms with Crippen molar-refractivity contribution < 1.29 is 12.3 Å². The average Bonchev–Trinajstić information content (AvgIpc) is 3.18. The number of hydrogen-bond donors (Lipinski definition) is 0. The molecule has 19 heavy (non-hydrogen) atoms. The second kappa shape index (κ2) is 5.26. The Kier molecular flexibility index (Phi) is 3.64. The molecule has 1 saturated carbocycles.